The third-order valence-electron chi connectivity index (χ3n) is 8.95. The first-order valence-electron chi connectivity index (χ1n) is 15.0. The van der Waals surface area contributed by atoms with Crippen LogP contribution in [0.5, 0.6) is 0 Å². The third-order valence-corrected chi connectivity index (χ3v) is 8.95. The Morgan fingerprint density at radius 3 is 2.63 bits per heavy atom. The highest BCUT2D eigenvalue weighted by Gasteiger charge is 2.56. The number of hydrazine groups is 1. The molecular formula is C32H43N5O6. The van der Waals surface area contributed by atoms with Crippen molar-refractivity contribution >= 4 is 34.7 Å². The maximum atomic E-state index is 13.6. The monoisotopic (exact) mass is 593 g/mol. The van der Waals surface area contributed by atoms with Crippen LogP contribution in [0.2, 0.25) is 0 Å². The molecule has 0 radical (unpaired) electrons. The molecule has 1 aromatic carbocycles. The van der Waals surface area contributed by atoms with Crippen LogP contribution in [-0.4, -0.2) is 89.5 Å². The number of benzene rings is 1. The van der Waals surface area contributed by atoms with Gasteiger partial charge < -0.3 is 24.8 Å². The number of ether oxygens (including phenoxy) is 2. The summed E-state index contributed by atoms with van der Waals surface area (Å²) in [6.07, 6.45) is 1.46. The van der Waals surface area contributed by atoms with Gasteiger partial charge in [0.1, 0.15) is 18.2 Å². The van der Waals surface area contributed by atoms with Crippen molar-refractivity contribution in [3.05, 3.63) is 47.2 Å². The van der Waals surface area contributed by atoms with Crippen LogP contribution in [0.1, 0.15) is 64.3 Å². The van der Waals surface area contributed by atoms with E-state index in [4.69, 9.17) is 14.5 Å². The number of aliphatic hydroxyl groups is 1. The standard InChI is InChI=1S/C32H43N5O6/c1-18(2)27-28(38)33-19(3)29(39)37-13-7-8-25(35-37)30(40)36(5)20(4)24-12-11-22-10-9-21(15-26(22)34-24)14-23-16-32(23,17-42-6)31(41)43-27/h9-12,14-15,18-20,25,27,31,35,41H,7-8,13,16-17H2,1-6H3,(H,33,38)/b23-14+/t19-,20+,25-,27-,31?,32-/m0/s1. The van der Waals surface area contributed by atoms with Gasteiger partial charge in [0.05, 0.1) is 29.3 Å². The van der Waals surface area contributed by atoms with E-state index in [1.165, 1.54) is 5.01 Å². The fraction of sp³-hybridized carbons (Fsp3) is 0.562. The van der Waals surface area contributed by atoms with Crippen LogP contribution in [0, 0.1) is 11.3 Å². The lowest BCUT2D eigenvalue weighted by molar-refractivity contribution is -0.194. The van der Waals surface area contributed by atoms with Crippen LogP contribution >= 0.6 is 0 Å². The van der Waals surface area contributed by atoms with Crippen molar-refractivity contribution in [1.29, 1.82) is 0 Å². The predicted octanol–water partition coefficient (Wildman–Crippen LogP) is 2.55. The van der Waals surface area contributed by atoms with Crippen molar-refractivity contribution in [1.82, 2.24) is 25.6 Å². The van der Waals surface area contributed by atoms with Crippen LogP contribution in [0.3, 0.4) is 0 Å². The van der Waals surface area contributed by atoms with Crippen molar-refractivity contribution in [3.8, 4) is 0 Å². The molecule has 3 amide bonds. The van der Waals surface area contributed by atoms with E-state index in [0.29, 0.717) is 25.8 Å². The van der Waals surface area contributed by atoms with Crippen LogP contribution in [-0.2, 0) is 23.9 Å². The third kappa shape index (κ3) is 6.17. The summed E-state index contributed by atoms with van der Waals surface area (Å²) in [5, 5.41) is 16.5. The van der Waals surface area contributed by atoms with Gasteiger partial charge in [-0.1, -0.05) is 43.7 Å². The van der Waals surface area contributed by atoms with Gasteiger partial charge in [0.15, 0.2) is 6.29 Å². The molecule has 6 atom stereocenters. The first-order valence-corrected chi connectivity index (χ1v) is 15.0. The number of fused-ring (bicyclic) bond motifs is 5. The van der Waals surface area contributed by atoms with Crippen molar-refractivity contribution < 1.29 is 29.0 Å². The van der Waals surface area contributed by atoms with E-state index in [9.17, 15) is 19.5 Å². The Kier molecular flexibility index (Phi) is 8.89. The van der Waals surface area contributed by atoms with E-state index in [0.717, 1.165) is 27.7 Å². The van der Waals surface area contributed by atoms with E-state index in [-0.39, 0.29) is 30.4 Å². The number of hydrogen-bond donors (Lipinski definition) is 3. The lowest BCUT2D eigenvalue weighted by Crippen LogP contribution is -2.61. The number of hydrogen-bond acceptors (Lipinski definition) is 8. The van der Waals surface area contributed by atoms with E-state index >= 15 is 0 Å². The highest BCUT2D eigenvalue weighted by Crippen LogP contribution is 2.56. The van der Waals surface area contributed by atoms with Crippen molar-refractivity contribution in [2.45, 2.75) is 77.5 Å². The van der Waals surface area contributed by atoms with Crippen LogP contribution < -0.4 is 10.7 Å². The molecule has 43 heavy (non-hydrogen) atoms. The Balaban J connectivity index is 1.54. The molecule has 2 aromatic rings. The van der Waals surface area contributed by atoms with Gasteiger partial charge >= 0.3 is 0 Å². The van der Waals surface area contributed by atoms with Crippen molar-refractivity contribution in [2.24, 2.45) is 11.3 Å². The molecule has 1 saturated carbocycles. The quantitative estimate of drug-likeness (QED) is 0.495. The maximum absolute atomic E-state index is 13.6. The molecule has 11 nitrogen and oxygen atoms in total. The zero-order valence-corrected chi connectivity index (χ0v) is 25.8. The zero-order chi connectivity index (χ0) is 31.1. The lowest BCUT2D eigenvalue weighted by Gasteiger charge is -2.37. The summed E-state index contributed by atoms with van der Waals surface area (Å²) < 4.78 is 11.5. The van der Waals surface area contributed by atoms with Gasteiger partial charge in [0, 0.05) is 26.1 Å². The number of likely N-dealkylation sites (N-methyl/N-ethyl adjacent to an activating group) is 1. The van der Waals surface area contributed by atoms with Gasteiger partial charge in [-0.2, -0.15) is 0 Å². The largest absolute Gasteiger partial charge is 0.384 e. The summed E-state index contributed by atoms with van der Waals surface area (Å²) in [5.74, 6) is -1.27. The summed E-state index contributed by atoms with van der Waals surface area (Å²) in [6, 6.07) is 8.14. The Labute approximate surface area is 252 Å². The van der Waals surface area contributed by atoms with E-state index in [1.54, 1.807) is 26.0 Å². The van der Waals surface area contributed by atoms with Gasteiger partial charge in [0.2, 0.25) is 11.8 Å². The van der Waals surface area contributed by atoms with Gasteiger partial charge in [-0.3, -0.25) is 24.4 Å². The highest BCUT2D eigenvalue weighted by atomic mass is 16.6. The minimum atomic E-state index is -1.30. The van der Waals surface area contributed by atoms with E-state index < -0.39 is 35.8 Å². The second-order valence-corrected chi connectivity index (χ2v) is 12.4. The Morgan fingerprint density at radius 2 is 1.91 bits per heavy atom. The molecule has 11 heteroatoms. The topological polar surface area (TPSA) is 133 Å². The molecule has 5 bridgehead atoms. The SMILES string of the molecule is COC[C@@]12C/C1=C\c1ccc3ccc(nc3c1)[C@@H](C)N(C)C(=O)[C@@H]1CCCN(N1)C(=O)[C@H](C)NC(=O)[C@H](C(C)C)OC2O. The van der Waals surface area contributed by atoms with Crippen LogP contribution in [0.4, 0.5) is 0 Å². The number of amides is 3. The minimum Gasteiger partial charge on any atom is -0.384 e. The van der Waals surface area contributed by atoms with E-state index in [2.05, 4.69) is 10.7 Å². The second kappa shape index (κ2) is 12.3. The predicted molar refractivity (Wildman–Crippen MR) is 161 cm³/mol. The van der Waals surface area contributed by atoms with Gasteiger partial charge in [-0.05, 0) is 56.7 Å². The first-order chi connectivity index (χ1) is 20.4. The number of nitrogens with zero attached hydrogens (tertiary/aromatic N) is 3. The molecule has 3 heterocycles. The molecule has 1 aromatic heterocycles. The molecule has 2 aliphatic heterocycles. The molecule has 1 aliphatic carbocycles. The number of carbonyl (C=O) groups is 3. The average molecular weight is 594 g/mol. The van der Waals surface area contributed by atoms with Crippen molar-refractivity contribution in [2.75, 3.05) is 27.3 Å². The molecule has 1 saturated heterocycles. The molecule has 3 aliphatic rings. The number of methoxy groups -OCH3 is 1. The number of pyridine rings is 1. The minimum absolute atomic E-state index is 0.140. The second-order valence-electron chi connectivity index (χ2n) is 12.4. The Hall–Kier alpha value is -3.38. The average Bonchev–Trinajstić information content (AvgIpc) is 3.69. The molecule has 5 rings (SSSR count). The highest BCUT2D eigenvalue weighted by molar-refractivity contribution is 5.90. The Morgan fingerprint density at radius 1 is 1.16 bits per heavy atom. The summed E-state index contributed by atoms with van der Waals surface area (Å²) in [7, 11) is 3.32. The van der Waals surface area contributed by atoms with Crippen LogP contribution in [0.15, 0.2) is 35.9 Å². The number of rotatable bonds is 3. The fourth-order valence-corrected chi connectivity index (χ4v) is 6.02. The summed E-state index contributed by atoms with van der Waals surface area (Å²) >= 11 is 0. The Bertz CT molecular complexity index is 1430. The summed E-state index contributed by atoms with van der Waals surface area (Å²) in [6.45, 7) is 7.83. The number of aliphatic hydroxyl groups excluding tert-OH is 1. The van der Waals surface area contributed by atoms with Gasteiger partial charge in [-0.25, -0.2) is 5.43 Å². The summed E-state index contributed by atoms with van der Waals surface area (Å²) in [5.41, 5.74) is 5.70. The molecule has 0 spiro atoms. The summed E-state index contributed by atoms with van der Waals surface area (Å²) in [4.78, 5) is 46.9. The molecule has 2 fully saturated rings. The molecular weight excluding hydrogens is 550 g/mol. The normalized spacial score (nSPS) is 32.0. The molecule has 232 valence electrons. The number of carbonyl (C=O) groups excluding carboxylic acids is 3. The van der Waals surface area contributed by atoms with E-state index in [1.807, 2.05) is 57.2 Å². The van der Waals surface area contributed by atoms with Gasteiger partial charge in [-0.15, -0.1) is 0 Å². The zero-order valence-electron chi connectivity index (χ0n) is 25.8. The number of nitrogens with one attached hydrogen (secondary N) is 2. The smallest absolute Gasteiger partial charge is 0.258 e. The van der Waals surface area contributed by atoms with Crippen molar-refractivity contribution in [3.63, 3.8) is 0 Å². The maximum Gasteiger partial charge on any atom is 0.258 e. The number of aromatic nitrogens is 1. The molecule has 3 N–H and O–H groups in total. The first kappa shape index (κ1) is 31.1. The fourth-order valence-electron chi connectivity index (χ4n) is 6.02. The van der Waals surface area contributed by atoms with Crippen LogP contribution in [0.25, 0.3) is 17.0 Å². The van der Waals surface area contributed by atoms with Gasteiger partial charge in [0.25, 0.3) is 5.91 Å². The lowest BCUT2D eigenvalue weighted by atomic mass is 10.0. The molecule has 1 unspecified atom stereocenters.